The predicted molar refractivity (Wildman–Crippen MR) is 132 cm³/mol. The molecule has 2 heteroatoms. The van der Waals surface area contributed by atoms with Crippen LogP contribution in [0.3, 0.4) is 0 Å². The second-order valence-electron chi connectivity index (χ2n) is 8.42. The van der Waals surface area contributed by atoms with Gasteiger partial charge < -0.3 is 0 Å². The average molecular weight is 399 g/mol. The molecule has 0 atom stereocenters. The lowest BCUT2D eigenvalue weighted by Crippen LogP contribution is -2.11. The largest absolute Gasteiger partial charge is 0.251 e. The highest BCUT2D eigenvalue weighted by atomic mass is 14.8. The zero-order chi connectivity index (χ0) is 21.5. The van der Waals surface area contributed by atoms with Gasteiger partial charge in [-0.1, -0.05) is 67.1 Å². The summed E-state index contributed by atoms with van der Waals surface area (Å²) in [5, 5.41) is 0. The van der Waals surface area contributed by atoms with Crippen LogP contribution in [0.25, 0.3) is 0 Å². The van der Waals surface area contributed by atoms with Gasteiger partial charge in [0.15, 0.2) is 0 Å². The monoisotopic (exact) mass is 398 g/mol. The third kappa shape index (κ3) is 5.66. The van der Waals surface area contributed by atoms with Crippen LogP contribution in [0.5, 0.6) is 0 Å². The van der Waals surface area contributed by atoms with Gasteiger partial charge >= 0.3 is 0 Å². The molecule has 1 aliphatic carbocycles. The van der Waals surface area contributed by atoms with Gasteiger partial charge in [-0.05, 0) is 82.1 Å². The number of nitrogens with zero attached hydrogens (tertiary/aromatic N) is 2. The summed E-state index contributed by atoms with van der Waals surface area (Å²) in [7, 11) is 0. The molecule has 30 heavy (non-hydrogen) atoms. The van der Waals surface area contributed by atoms with E-state index in [0.29, 0.717) is 5.92 Å². The molecule has 0 heterocycles. The van der Waals surface area contributed by atoms with Crippen LogP contribution in [0.4, 0.5) is 11.4 Å². The number of benzene rings is 2. The Labute approximate surface area is 182 Å². The number of aliphatic imine (C=N–C) groups is 2. The van der Waals surface area contributed by atoms with Crippen molar-refractivity contribution in [3.05, 3.63) is 83.0 Å². The first-order chi connectivity index (χ1) is 14.5. The zero-order valence-electron chi connectivity index (χ0n) is 19.1. The maximum Gasteiger partial charge on any atom is 0.0692 e. The second-order valence-corrected chi connectivity index (χ2v) is 8.42. The van der Waals surface area contributed by atoms with E-state index in [1.165, 1.54) is 35.1 Å². The number of para-hydroxylation sites is 2. The molecule has 0 fully saturated rings. The van der Waals surface area contributed by atoms with Gasteiger partial charge in [0.25, 0.3) is 0 Å². The van der Waals surface area contributed by atoms with Crippen LogP contribution in [0, 0.1) is 33.6 Å². The van der Waals surface area contributed by atoms with Gasteiger partial charge in [-0.2, -0.15) is 0 Å². The standard InChI is InChI=1S/C28H34N2/c1-20-12-10-13-21(2)27(20)29-24(5)26(19-9-8-18-25-16-6-7-17-25)30-28-22(3)14-11-15-23(28)4/h6-7,10-17,25H,8-9,18-19H2,1-5H3. The lowest BCUT2D eigenvalue weighted by Gasteiger charge is -2.12. The summed E-state index contributed by atoms with van der Waals surface area (Å²) in [4.78, 5) is 10.2. The Kier molecular flexibility index (Phi) is 7.57. The van der Waals surface area contributed by atoms with E-state index in [-0.39, 0.29) is 0 Å². The number of rotatable bonds is 8. The zero-order valence-corrected chi connectivity index (χ0v) is 19.1. The van der Waals surface area contributed by atoms with Crippen LogP contribution in [-0.4, -0.2) is 11.4 Å². The van der Waals surface area contributed by atoms with Crippen LogP contribution >= 0.6 is 0 Å². The molecule has 0 bridgehead atoms. The molecule has 0 N–H and O–H groups in total. The molecule has 0 amide bonds. The van der Waals surface area contributed by atoms with Crippen molar-refractivity contribution >= 4 is 22.8 Å². The van der Waals surface area contributed by atoms with Gasteiger partial charge in [0.2, 0.25) is 0 Å². The van der Waals surface area contributed by atoms with E-state index >= 15 is 0 Å². The molecule has 0 spiro atoms. The molecule has 2 aromatic carbocycles. The SMILES string of the molecule is CC(=Nc1c(C)cccc1C)C(CCCCC1C=CC=C1)=Nc1c(C)cccc1C. The van der Waals surface area contributed by atoms with Gasteiger partial charge in [0.1, 0.15) is 0 Å². The predicted octanol–water partition coefficient (Wildman–Crippen LogP) is 8.09. The maximum atomic E-state index is 5.14. The van der Waals surface area contributed by atoms with Gasteiger partial charge in [0, 0.05) is 0 Å². The van der Waals surface area contributed by atoms with E-state index in [2.05, 4.69) is 95.3 Å². The van der Waals surface area contributed by atoms with E-state index in [0.717, 1.165) is 35.6 Å². The van der Waals surface area contributed by atoms with E-state index in [9.17, 15) is 0 Å². The highest BCUT2D eigenvalue weighted by molar-refractivity contribution is 6.42. The van der Waals surface area contributed by atoms with E-state index in [1.54, 1.807) is 0 Å². The molecule has 0 aliphatic heterocycles. The molecule has 0 aromatic heterocycles. The Morgan fingerprint density at radius 2 is 1.23 bits per heavy atom. The smallest absolute Gasteiger partial charge is 0.0692 e. The number of hydrogen-bond donors (Lipinski definition) is 0. The fourth-order valence-electron chi connectivity index (χ4n) is 3.99. The topological polar surface area (TPSA) is 24.7 Å². The molecule has 156 valence electrons. The number of hydrogen-bond acceptors (Lipinski definition) is 2. The quantitative estimate of drug-likeness (QED) is 0.317. The van der Waals surface area contributed by atoms with Crippen molar-refractivity contribution in [1.29, 1.82) is 0 Å². The van der Waals surface area contributed by atoms with E-state index in [1.807, 2.05) is 0 Å². The summed E-state index contributed by atoms with van der Waals surface area (Å²) >= 11 is 0. The summed E-state index contributed by atoms with van der Waals surface area (Å²) in [5.41, 5.74) is 9.14. The van der Waals surface area contributed by atoms with Gasteiger partial charge in [-0.3, -0.25) is 9.98 Å². The van der Waals surface area contributed by atoms with Gasteiger partial charge in [-0.25, -0.2) is 0 Å². The highest BCUT2D eigenvalue weighted by Crippen LogP contribution is 2.27. The normalized spacial score (nSPS) is 14.7. The lowest BCUT2D eigenvalue weighted by molar-refractivity contribution is 0.634. The minimum Gasteiger partial charge on any atom is -0.251 e. The van der Waals surface area contributed by atoms with Crippen molar-refractivity contribution in [2.24, 2.45) is 15.9 Å². The maximum absolute atomic E-state index is 5.14. The molecule has 0 unspecified atom stereocenters. The van der Waals surface area contributed by atoms with E-state index < -0.39 is 0 Å². The second kappa shape index (κ2) is 10.3. The summed E-state index contributed by atoms with van der Waals surface area (Å²) < 4.78 is 0. The van der Waals surface area contributed by atoms with Crippen molar-refractivity contribution in [3.63, 3.8) is 0 Å². The fourth-order valence-corrected chi connectivity index (χ4v) is 3.99. The lowest BCUT2D eigenvalue weighted by atomic mass is 10.0. The molecule has 2 aromatic rings. The van der Waals surface area contributed by atoms with Gasteiger partial charge in [-0.15, -0.1) is 0 Å². The van der Waals surface area contributed by atoms with Crippen molar-refractivity contribution in [1.82, 2.24) is 0 Å². The Morgan fingerprint density at radius 3 is 1.77 bits per heavy atom. The molecular weight excluding hydrogens is 364 g/mol. The molecule has 0 radical (unpaired) electrons. The first kappa shape index (κ1) is 22.0. The van der Waals surface area contributed by atoms with Crippen molar-refractivity contribution in [2.75, 3.05) is 0 Å². The van der Waals surface area contributed by atoms with Crippen LogP contribution in [0.15, 0.2) is 70.7 Å². The third-order valence-corrected chi connectivity index (χ3v) is 5.85. The molecule has 1 aliphatic rings. The Hall–Kier alpha value is -2.74. The van der Waals surface area contributed by atoms with Crippen LogP contribution in [0.1, 0.15) is 54.9 Å². The molecule has 2 nitrogen and oxygen atoms in total. The first-order valence-corrected chi connectivity index (χ1v) is 11.1. The number of aryl methyl sites for hydroxylation is 4. The third-order valence-electron chi connectivity index (χ3n) is 5.85. The summed E-state index contributed by atoms with van der Waals surface area (Å²) in [6, 6.07) is 12.7. The molecule has 0 saturated heterocycles. The van der Waals surface area contributed by atoms with Crippen LogP contribution < -0.4 is 0 Å². The van der Waals surface area contributed by atoms with Crippen molar-refractivity contribution in [3.8, 4) is 0 Å². The highest BCUT2D eigenvalue weighted by Gasteiger charge is 2.11. The van der Waals surface area contributed by atoms with Crippen molar-refractivity contribution < 1.29 is 0 Å². The van der Waals surface area contributed by atoms with Crippen LogP contribution in [0.2, 0.25) is 0 Å². The summed E-state index contributed by atoms with van der Waals surface area (Å²) in [5.74, 6) is 0.605. The summed E-state index contributed by atoms with van der Waals surface area (Å²) in [6.07, 6.45) is 13.4. The molecule has 3 rings (SSSR count). The van der Waals surface area contributed by atoms with Crippen molar-refractivity contribution in [2.45, 2.75) is 60.3 Å². The summed E-state index contributed by atoms with van der Waals surface area (Å²) in [6.45, 7) is 10.6. The minimum absolute atomic E-state index is 0.605. The van der Waals surface area contributed by atoms with E-state index in [4.69, 9.17) is 9.98 Å². The Morgan fingerprint density at radius 1 is 0.733 bits per heavy atom. The average Bonchev–Trinajstić information content (AvgIpc) is 3.23. The molecular formula is C28H34N2. The first-order valence-electron chi connectivity index (χ1n) is 11.1. The van der Waals surface area contributed by atoms with Crippen LogP contribution in [-0.2, 0) is 0 Å². The Bertz CT molecular complexity index is 953. The van der Waals surface area contributed by atoms with Gasteiger partial charge in [0.05, 0.1) is 22.8 Å². The fraction of sp³-hybridized carbons (Fsp3) is 0.357. The molecule has 0 saturated carbocycles. The minimum atomic E-state index is 0.605. The number of unbranched alkanes of at least 4 members (excludes halogenated alkanes) is 1. The number of allylic oxidation sites excluding steroid dienone is 4. The Balaban J connectivity index is 1.86.